The fourth-order valence-corrected chi connectivity index (χ4v) is 2.75. The van der Waals surface area contributed by atoms with Crippen molar-refractivity contribution in [2.75, 3.05) is 0 Å². The highest BCUT2D eigenvalue weighted by Crippen LogP contribution is 2.40. The third-order valence-corrected chi connectivity index (χ3v) is 4.64. The van der Waals surface area contributed by atoms with Crippen LogP contribution in [0.5, 0.6) is 0 Å². The first kappa shape index (κ1) is 16.1. The van der Waals surface area contributed by atoms with Crippen LogP contribution in [0, 0.1) is 11.3 Å². The smallest absolute Gasteiger partial charge is 0.0891 e. The number of hydrogen-bond acceptors (Lipinski definition) is 0. The molecule has 0 amide bonds. The van der Waals surface area contributed by atoms with Gasteiger partial charge in [0.2, 0.25) is 0 Å². The van der Waals surface area contributed by atoms with E-state index in [4.69, 9.17) is 0 Å². The zero-order chi connectivity index (χ0) is 12.6. The van der Waals surface area contributed by atoms with Crippen LogP contribution in [-0.2, 0) is 0 Å². The molecule has 0 heterocycles. The molecule has 96 valence electrons. The molecule has 3 atom stereocenters. The van der Waals surface area contributed by atoms with Crippen LogP contribution in [-0.4, -0.2) is 7.28 Å². The Kier molecular flexibility index (Phi) is 8.23. The summed E-state index contributed by atoms with van der Waals surface area (Å²) in [7, 11) is 1.34. The quantitative estimate of drug-likeness (QED) is 0.466. The van der Waals surface area contributed by atoms with Gasteiger partial charge in [-0.15, -0.1) is 0 Å². The minimum absolute atomic E-state index is 0.591. The minimum Gasteiger partial charge on any atom is -0.0891 e. The molecule has 0 N–H and O–H groups in total. The number of rotatable bonds is 9. The van der Waals surface area contributed by atoms with Crippen LogP contribution in [0.4, 0.5) is 0 Å². The van der Waals surface area contributed by atoms with E-state index in [2.05, 4.69) is 41.4 Å². The molecule has 0 radical (unpaired) electrons. The first-order valence-corrected chi connectivity index (χ1v) is 7.50. The lowest BCUT2D eigenvalue weighted by atomic mass is 9.62. The van der Waals surface area contributed by atoms with Gasteiger partial charge in [0.1, 0.15) is 7.28 Å². The standard InChI is InChI=1S/C15H33B/c1-7-9-13(3)15(5,11-8-2)12-10-14(4)16-6/h13-14,16H,7-12H2,1-6H3. The fourth-order valence-electron chi connectivity index (χ4n) is 2.75. The van der Waals surface area contributed by atoms with Gasteiger partial charge in [-0.05, 0) is 24.2 Å². The number of hydrogen-bond donors (Lipinski definition) is 0. The molecule has 0 nitrogen and oxygen atoms in total. The van der Waals surface area contributed by atoms with E-state index in [0.717, 1.165) is 11.7 Å². The molecule has 0 rings (SSSR count). The van der Waals surface area contributed by atoms with E-state index in [9.17, 15) is 0 Å². The second kappa shape index (κ2) is 8.20. The zero-order valence-corrected chi connectivity index (χ0v) is 12.6. The van der Waals surface area contributed by atoms with E-state index in [0.29, 0.717) is 5.41 Å². The maximum Gasteiger partial charge on any atom is 0.120 e. The summed E-state index contributed by atoms with van der Waals surface area (Å²) in [5.74, 6) is 1.80. The fraction of sp³-hybridized carbons (Fsp3) is 1.00. The van der Waals surface area contributed by atoms with Gasteiger partial charge in [-0.1, -0.05) is 72.9 Å². The molecule has 0 saturated heterocycles. The third-order valence-electron chi connectivity index (χ3n) is 4.64. The lowest BCUT2D eigenvalue weighted by molar-refractivity contribution is 0.151. The molecule has 0 bridgehead atoms. The van der Waals surface area contributed by atoms with Gasteiger partial charge in [0.05, 0.1) is 0 Å². The van der Waals surface area contributed by atoms with E-state index in [1.807, 2.05) is 0 Å². The average Bonchev–Trinajstić information content (AvgIpc) is 2.26. The molecule has 16 heavy (non-hydrogen) atoms. The van der Waals surface area contributed by atoms with Crippen molar-refractivity contribution in [2.45, 2.75) is 85.8 Å². The molecule has 1 heteroatoms. The molecule has 0 aromatic heterocycles. The second-order valence-corrected chi connectivity index (χ2v) is 6.15. The zero-order valence-electron chi connectivity index (χ0n) is 12.6. The predicted octanol–water partition coefficient (Wildman–Crippen LogP) is 5.30. The maximum absolute atomic E-state index is 2.53. The summed E-state index contributed by atoms with van der Waals surface area (Å²) < 4.78 is 0. The van der Waals surface area contributed by atoms with Crippen molar-refractivity contribution in [1.29, 1.82) is 0 Å². The Hall–Kier alpha value is 0.0649. The van der Waals surface area contributed by atoms with E-state index >= 15 is 0 Å². The Morgan fingerprint density at radius 3 is 2.06 bits per heavy atom. The maximum atomic E-state index is 2.53. The molecule has 0 aromatic rings. The molecule has 0 aromatic carbocycles. The molecule has 0 spiro atoms. The van der Waals surface area contributed by atoms with Crippen molar-refractivity contribution in [3.05, 3.63) is 0 Å². The highest BCUT2D eigenvalue weighted by Gasteiger charge is 2.29. The molecule has 0 aliphatic heterocycles. The van der Waals surface area contributed by atoms with Crippen molar-refractivity contribution in [1.82, 2.24) is 0 Å². The summed E-state index contributed by atoms with van der Waals surface area (Å²) in [6.07, 6.45) is 8.33. The van der Waals surface area contributed by atoms with Crippen LogP contribution < -0.4 is 0 Å². The van der Waals surface area contributed by atoms with Crippen LogP contribution in [0.25, 0.3) is 0 Å². The van der Waals surface area contributed by atoms with Gasteiger partial charge in [0, 0.05) is 0 Å². The summed E-state index contributed by atoms with van der Waals surface area (Å²) in [5, 5.41) is 0. The largest absolute Gasteiger partial charge is 0.120 e. The Morgan fingerprint density at radius 1 is 1.00 bits per heavy atom. The average molecular weight is 224 g/mol. The van der Waals surface area contributed by atoms with Crippen molar-refractivity contribution in [3.63, 3.8) is 0 Å². The molecular formula is C15H33B. The van der Waals surface area contributed by atoms with Crippen LogP contribution >= 0.6 is 0 Å². The second-order valence-electron chi connectivity index (χ2n) is 6.15. The van der Waals surface area contributed by atoms with Gasteiger partial charge in [0.15, 0.2) is 0 Å². The molecule has 0 fully saturated rings. The van der Waals surface area contributed by atoms with Crippen molar-refractivity contribution >= 4 is 7.28 Å². The third kappa shape index (κ3) is 5.41. The van der Waals surface area contributed by atoms with Crippen LogP contribution in [0.15, 0.2) is 0 Å². The van der Waals surface area contributed by atoms with E-state index < -0.39 is 0 Å². The summed E-state index contributed by atoms with van der Waals surface area (Å²) in [6.45, 7) is 14.4. The first-order valence-electron chi connectivity index (χ1n) is 7.50. The van der Waals surface area contributed by atoms with Crippen molar-refractivity contribution in [2.24, 2.45) is 11.3 Å². The predicted molar refractivity (Wildman–Crippen MR) is 78.8 cm³/mol. The Morgan fingerprint density at radius 2 is 1.62 bits per heavy atom. The first-order chi connectivity index (χ1) is 7.50. The Labute approximate surface area is 105 Å². The Bertz CT molecular complexity index is 167. The molecular weight excluding hydrogens is 191 g/mol. The molecule has 0 aliphatic rings. The van der Waals surface area contributed by atoms with Crippen LogP contribution in [0.2, 0.25) is 12.6 Å². The van der Waals surface area contributed by atoms with Gasteiger partial charge in [0.25, 0.3) is 0 Å². The summed E-state index contributed by atoms with van der Waals surface area (Å²) >= 11 is 0. The van der Waals surface area contributed by atoms with Gasteiger partial charge in [-0.2, -0.15) is 0 Å². The molecule has 3 unspecified atom stereocenters. The molecule has 0 saturated carbocycles. The van der Waals surface area contributed by atoms with Crippen molar-refractivity contribution < 1.29 is 0 Å². The van der Waals surface area contributed by atoms with Crippen LogP contribution in [0.1, 0.15) is 73.1 Å². The van der Waals surface area contributed by atoms with Crippen molar-refractivity contribution in [3.8, 4) is 0 Å². The monoisotopic (exact) mass is 224 g/mol. The SMILES string of the molecule is CBC(C)CCC(C)(CCC)C(C)CCC. The summed E-state index contributed by atoms with van der Waals surface area (Å²) in [4.78, 5) is 0. The Balaban J connectivity index is 4.30. The van der Waals surface area contributed by atoms with E-state index in [-0.39, 0.29) is 0 Å². The minimum atomic E-state index is 0.591. The van der Waals surface area contributed by atoms with E-state index in [1.165, 1.54) is 45.8 Å². The lowest BCUT2D eigenvalue weighted by Crippen LogP contribution is -2.26. The highest BCUT2D eigenvalue weighted by molar-refractivity contribution is 6.35. The lowest BCUT2D eigenvalue weighted by Gasteiger charge is -2.37. The molecule has 0 aliphatic carbocycles. The summed E-state index contributed by atoms with van der Waals surface area (Å²) in [6, 6.07) is 0. The highest BCUT2D eigenvalue weighted by atomic mass is 14.3. The van der Waals surface area contributed by atoms with Gasteiger partial charge in [-0.25, -0.2) is 0 Å². The van der Waals surface area contributed by atoms with E-state index in [1.54, 1.807) is 0 Å². The normalized spacial score (nSPS) is 18.9. The van der Waals surface area contributed by atoms with Gasteiger partial charge in [-0.3, -0.25) is 0 Å². The van der Waals surface area contributed by atoms with Gasteiger partial charge < -0.3 is 0 Å². The van der Waals surface area contributed by atoms with Crippen LogP contribution in [0.3, 0.4) is 0 Å². The van der Waals surface area contributed by atoms with Gasteiger partial charge >= 0.3 is 0 Å². The topological polar surface area (TPSA) is 0 Å². The summed E-state index contributed by atoms with van der Waals surface area (Å²) in [5.41, 5.74) is 0.591.